The van der Waals surface area contributed by atoms with Gasteiger partial charge in [0.15, 0.2) is 0 Å². The summed E-state index contributed by atoms with van der Waals surface area (Å²) in [6.07, 6.45) is -4.26. The molecule has 0 saturated carbocycles. The van der Waals surface area contributed by atoms with E-state index in [0.29, 0.717) is 5.88 Å². The van der Waals surface area contributed by atoms with Crippen LogP contribution in [-0.2, 0) is 6.18 Å². The predicted molar refractivity (Wildman–Crippen MR) is 50.6 cm³/mol. The second-order valence-electron chi connectivity index (χ2n) is 3.18. The SMILES string of the molecule is CC(CCl)c1ccc(C(F)(F)F)cc1. The molecule has 1 aromatic carbocycles. The number of hydrogen-bond acceptors (Lipinski definition) is 0. The van der Waals surface area contributed by atoms with Crippen LogP contribution in [0.25, 0.3) is 0 Å². The van der Waals surface area contributed by atoms with E-state index >= 15 is 0 Å². The second kappa shape index (κ2) is 4.22. The van der Waals surface area contributed by atoms with Gasteiger partial charge in [-0.3, -0.25) is 0 Å². The molecule has 0 aliphatic heterocycles. The van der Waals surface area contributed by atoms with Gasteiger partial charge in [0.2, 0.25) is 0 Å². The van der Waals surface area contributed by atoms with E-state index in [1.807, 2.05) is 6.92 Å². The van der Waals surface area contributed by atoms with E-state index in [1.165, 1.54) is 12.1 Å². The smallest absolute Gasteiger partial charge is 0.166 e. The van der Waals surface area contributed by atoms with Crippen molar-refractivity contribution in [2.24, 2.45) is 0 Å². The van der Waals surface area contributed by atoms with Gasteiger partial charge in [-0.1, -0.05) is 19.1 Å². The maximum Gasteiger partial charge on any atom is 0.416 e. The van der Waals surface area contributed by atoms with Crippen molar-refractivity contribution < 1.29 is 13.2 Å². The molecule has 1 aromatic rings. The van der Waals surface area contributed by atoms with Crippen LogP contribution < -0.4 is 0 Å². The van der Waals surface area contributed by atoms with Crippen LogP contribution in [0.3, 0.4) is 0 Å². The quantitative estimate of drug-likeness (QED) is 0.663. The summed E-state index contributed by atoms with van der Waals surface area (Å²) in [7, 11) is 0. The van der Waals surface area contributed by atoms with E-state index in [-0.39, 0.29) is 5.92 Å². The number of hydrogen-bond donors (Lipinski definition) is 0. The second-order valence-corrected chi connectivity index (χ2v) is 3.48. The Bertz CT molecular complexity index is 289. The van der Waals surface area contributed by atoms with Crippen molar-refractivity contribution in [3.8, 4) is 0 Å². The van der Waals surface area contributed by atoms with Gasteiger partial charge in [0.1, 0.15) is 0 Å². The highest BCUT2D eigenvalue weighted by atomic mass is 35.5. The van der Waals surface area contributed by atoms with E-state index in [9.17, 15) is 13.2 Å². The molecular formula is C10H10ClF3. The Morgan fingerprint density at radius 2 is 1.71 bits per heavy atom. The monoisotopic (exact) mass is 222 g/mol. The van der Waals surface area contributed by atoms with E-state index in [1.54, 1.807) is 0 Å². The minimum Gasteiger partial charge on any atom is -0.166 e. The first kappa shape index (κ1) is 11.4. The number of alkyl halides is 4. The first-order valence-corrected chi connectivity index (χ1v) is 4.71. The molecule has 0 spiro atoms. The molecular weight excluding hydrogens is 213 g/mol. The van der Waals surface area contributed by atoms with E-state index in [0.717, 1.165) is 17.7 Å². The third-order valence-electron chi connectivity index (χ3n) is 2.04. The average Bonchev–Trinajstić information content (AvgIpc) is 2.15. The van der Waals surface area contributed by atoms with Crippen molar-refractivity contribution in [1.82, 2.24) is 0 Å². The summed E-state index contributed by atoms with van der Waals surface area (Å²) in [6, 6.07) is 5.10. The van der Waals surface area contributed by atoms with Crippen molar-refractivity contribution in [3.63, 3.8) is 0 Å². The summed E-state index contributed by atoms with van der Waals surface area (Å²) in [4.78, 5) is 0. The summed E-state index contributed by atoms with van der Waals surface area (Å²) in [5.74, 6) is 0.490. The molecule has 0 nitrogen and oxygen atoms in total. The van der Waals surface area contributed by atoms with Gasteiger partial charge < -0.3 is 0 Å². The fourth-order valence-corrected chi connectivity index (χ4v) is 1.27. The van der Waals surface area contributed by atoms with Gasteiger partial charge >= 0.3 is 6.18 Å². The Morgan fingerprint density at radius 3 is 2.07 bits per heavy atom. The number of rotatable bonds is 2. The Morgan fingerprint density at radius 1 is 1.21 bits per heavy atom. The normalized spacial score (nSPS) is 14.1. The molecule has 1 rings (SSSR count). The van der Waals surface area contributed by atoms with E-state index < -0.39 is 11.7 Å². The van der Waals surface area contributed by atoms with Crippen LogP contribution in [-0.4, -0.2) is 5.88 Å². The maximum atomic E-state index is 12.2. The van der Waals surface area contributed by atoms with Crippen LogP contribution in [0, 0.1) is 0 Å². The lowest BCUT2D eigenvalue weighted by Crippen LogP contribution is -2.05. The van der Waals surface area contributed by atoms with Crippen LogP contribution in [0.2, 0.25) is 0 Å². The van der Waals surface area contributed by atoms with Gasteiger partial charge in [0.25, 0.3) is 0 Å². The van der Waals surface area contributed by atoms with Crippen LogP contribution in [0.4, 0.5) is 13.2 Å². The molecule has 0 fully saturated rings. The Hall–Kier alpha value is -0.700. The summed E-state index contributed by atoms with van der Waals surface area (Å²) in [5, 5.41) is 0. The standard InChI is InChI=1S/C10H10ClF3/c1-7(6-11)8-2-4-9(5-3-8)10(12,13)14/h2-5,7H,6H2,1H3. The molecule has 0 radical (unpaired) electrons. The predicted octanol–water partition coefficient (Wildman–Crippen LogP) is 4.05. The molecule has 0 saturated heterocycles. The molecule has 78 valence electrons. The lowest BCUT2D eigenvalue weighted by atomic mass is 10.0. The zero-order valence-electron chi connectivity index (χ0n) is 7.61. The number of benzene rings is 1. The fraction of sp³-hybridized carbons (Fsp3) is 0.400. The molecule has 1 unspecified atom stereocenters. The summed E-state index contributed by atoms with van der Waals surface area (Å²) < 4.78 is 36.5. The first-order chi connectivity index (χ1) is 6.45. The van der Waals surface area contributed by atoms with Crippen LogP contribution >= 0.6 is 11.6 Å². The van der Waals surface area contributed by atoms with Gasteiger partial charge in [-0.25, -0.2) is 0 Å². The molecule has 0 bridgehead atoms. The van der Waals surface area contributed by atoms with Crippen molar-refractivity contribution in [2.75, 3.05) is 5.88 Å². The van der Waals surface area contributed by atoms with Crippen molar-refractivity contribution in [3.05, 3.63) is 35.4 Å². The van der Waals surface area contributed by atoms with Gasteiger partial charge in [0, 0.05) is 5.88 Å². The molecule has 1 atom stereocenters. The Kier molecular flexibility index (Phi) is 3.43. The van der Waals surface area contributed by atoms with Crippen molar-refractivity contribution in [1.29, 1.82) is 0 Å². The largest absolute Gasteiger partial charge is 0.416 e. The van der Waals surface area contributed by atoms with Crippen LogP contribution in [0.1, 0.15) is 24.0 Å². The lowest BCUT2D eigenvalue weighted by Gasteiger charge is -2.10. The lowest BCUT2D eigenvalue weighted by molar-refractivity contribution is -0.137. The molecule has 0 aliphatic carbocycles. The van der Waals surface area contributed by atoms with Gasteiger partial charge in [-0.15, -0.1) is 11.6 Å². The zero-order valence-corrected chi connectivity index (χ0v) is 8.36. The molecule has 14 heavy (non-hydrogen) atoms. The van der Waals surface area contributed by atoms with E-state index in [4.69, 9.17) is 11.6 Å². The summed E-state index contributed by atoms with van der Waals surface area (Å²) in [5.41, 5.74) is 0.205. The molecule has 0 amide bonds. The highest BCUT2D eigenvalue weighted by Crippen LogP contribution is 2.30. The molecule has 0 aromatic heterocycles. The fourth-order valence-electron chi connectivity index (χ4n) is 1.09. The van der Waals surface area contributed by atoms with Gasteiger partial charge in [0.05, 0.1) is 5.56 Å². The van der Waals surface area contributed by atoms with Crippen LogP contribution in [0.15, 0.2) is 24.3 Å². The molecule has 0 aliphatic rings. The third-order valence-corrected chi connectivity index (χ3v) is 2.50. The van der Waals surface area contributed by atoms with Crippen molar-refractivity contribution in [2.45, 2.75) is 19.0 Å². The highest BCUT2D eigenvalue weighted by Gasteiger charge is 2.29. The van der Waals surface area contributed by atoms with E-state index in [2.05, 4.69) is 0 Å². The molecule has 0 N–H and O–H groups in total. The molecule has 4 heteroatoms. The topological polar surface area (TPSA) is 0 Å². The number of halogens is 4. The average molecular weight is 223 g/mol. The highest BCUT2D eigenvalue weighted by molar-refractivity contribution is 6.18. The first-order valence-electron chi connectivity index (χ1n) is 4.18. The third kappa shape index (κ3) is 2.64. The minimum atomic E-state index is -4.26. The molecule has 0 heterocycles. The summed E-state index contributed by atoms with van der Waals surface area (Å²) in [6.45, 7) is 1.87. The zero-order chi connectivity index (χ0) is 10.8. The Balaban J connectivity index is 2.89. The van der Waals surface area contributed by atoms with Gasteiger partial charge in [-0.05, 0) is 23.6 Å². The maximum absolute atomic E-state index is 12.2. The summed E-state index contributed by atoms with van der Waals surface area (Å²) >= 11 is 5.59. The van der Waals surface area contributed by atoms with Crippen LogP contribution in [0.5, 0.6) is 0 Å². The van der Waals surface area contributed by atoms with Crippen molar-refractivity contribution >= 4 is 11.6 Å². The van der Waals surface area contributed by atoms with Gasteiger partial charge in [-0.2, -0.15) is 13.2 Å². The minimum absolute atomic E-state index is 0.0824. The Labute approximate surface area is 85.7 Å².